The van der Waals surface area contributed by atoms with Crippen molar-refractivity contribution in [2.45, 2.75) is 0 Å². The molecule has 3 rings (SSSR count). The zero-order valence-electron chi connectivity index (χ0n) is 15.4. The van der Waals surface area contributed by atoms with Gasteiger partial charge < -0.3 is 31.6 Å². The monoisotopic (exact) mass is 380 g/mol. The van der Waals surface area contributed by atoms with Crippen molar-refractivity contribution in [3.63, 3.8) is 0 Å². The number of rotatable bonds is 6. The quantitative estimate of drug-likeness (QED) is 0.558. The molecule has 8 nitrogen and oxygen atoms in total. The summed E-state index contributed by atoms with van der Waals surface area (Å²) in [6, 6.07) is 13.6. The summed E-state index contributed by atoms with van der Waals surface area (Å²) in [7, 11) is 3.10. The minimum atomic E-state index is -0.566. The van der Waals surface area contributed by atoms with Crippen LogP contribution in [0.3, 0.4) is 0 Å². The van der Waals surface area contributed by atoms with Crippen molar-refractivity contribution in [1.29, 1.82) is 0 Å². The fraction of sp³-hybridized carbons (Fsp3) is 0.100. The molecule has 0 bridgehead atoms. The van der Waals surface area contributed by atoms with Crippen LogP contribution in [0.5, 0.6) is 11.5 Å². The van der Waals surface area contributed by atoms with E-state index in [0.29, 0.717) is 22.9 Å². The number of nitrogens with two attached hydrogens (primary N) is 2. The van der Waals surface area contributed by atoms with Crippen molar-refractivity contribution >= 4 is 22.9 Å². The van der Waals surface area contributed by atoms with E-state index in [1.807, 2.05) is 0 Å². The third kappa shape index (κ3) is 3.61. The summed E-state index contributed by atoms with van der Waals surface area (Å²) in [5, 5.41) is 5.72. The van der Waals surface area contributed by atoms with Crippen LogP contribution in [0.15, 0.2) is 71.3 Å². The standard InChI is InChI=1S/C20H20N4O4/c1-27-13-7-3-11(4-8-13)23-17-15(21)20(26)18(16(22)19(17)25)24-12-5-9-14(28-2)10-6-12/h3-10,23-24H,21-22H2,1-2H3. The Morgan fingerprint density at radius 1 is 0.643 bits per heavy atom. The molecule has 0 heterocycles. The second-order valence-electron chi connectivity index (χ2n) is 5.94. The molecule has 0 radical (unpaired) electrons. The van der Waals surface area contributed by atoms with E-state index in [2.05, 4.69) is 10.6 Å². The summed E-state index contributed by atoms with van der Waals surface area (Å²) in [6.07, 6.45) is 0. The first kappa shape index (κ1) is 18.8. The second-order valence-corrected chi connectivity index (χ2v) is 5.94. The Morgan fingerprint density at radius 3 is 1.25 bits per heavy atom. The van der Waals surface area contributed by atoms with Crippen LogP contribution in [0, 0.1) is 0 Å². The van der Waals surface area contributed by atoms with E-state index >= 15 is 0 Å². The molecule has 1 aliphatic rings. The van der Waals surface area contributed by atoms with Crippen molar-refractivity contribution in [3.8, 4) is 11.5 Å². The van der Waals surface area contributed by atoms with Gasteiger partial charge in [0.05, 0.1) is 14.2 Å². The van der Waals surface area contributed by atoms with Gasteiger partial charge in [-0.25, -0.2) is 0 Å². The number of methoxy groups -OCH3 is 2. The van der Waals surface area contributed by atoms with E-state index in [9.17, 15) is 9.59 Å². The lowest BCUT2D eigenvalue weighted by molar-refractivity contribution is -0.116. The first-order valence-corrected chi connectivity index (χ1v) is 8.35. The van der Waals surface area contributed by atoms with Crippen LogP contribution in [0.1, 0.15) is 0 Å². The molecular formula is C20H20N4O4. The highest BCUT2D eigenvalue weighted by molar-refractivity contribution is 6.26. The molecule has 1 aliphatic carbocycles. The predicted molar refractivity (Wildman–Crippen MR) is 106 cm³/mol. The summed E-state index contributed by atoms with van der Waals surface area (Å²) in [6.45, 7) is 0. The third-order valence-electron chi connectivity index (χ3n) is 4.20. The number of ether oxygens (including phenoxy) is 2. The average Bonchev–Trinajstić information content (AvgIpc) is 2.73. The molecule has 0 spiro atoms. The molecule has 6 N–H and O–H groups in total. The zero-order chi connectivity index (χ0) is 20.3. The highest BCUT2D eigenvalue weighted by Gasteiger charge is 2.32. The Balaban J connectivity index is 1.84. The fourth-order valence-corrected chi connectivity index (χ4v) is 2.63. The summed E-state index contributed by atoms with van der Waals surface area (Å²) in [5.41, 5.74) is 12.5. The zero-order valence-corrected chi connectivity index (χ0v) is 15.4. The molecule has 0 aromatic heterocycles. The van der Waals surface area contributed by atoms with Crippen LogP contribution in [-0.2, 0) is 9.59 Å². The van der Waals surface area contributed by atoms with E-state index in [1.54, 1.807) is 62.8 Å². The number of nitrogens with one attached hydrogen (secondary N) is 2. The Hall–Kier alpha value is -3.94. The van der Waals surface area contributed by atoms with Gasteiger partial charge in [-0.2, -0.15) is 0 Å². The number of Topliss-reactive ketones (excluding diaryl/α,β-unsaturated/α-hetero) is 2. The maximum absolute atomic E-state index is 12.7. The van der Waals surface area contributed by atoms with Crippen LogP contribution in [0.25, 0.3) is 0 Å². The Labute approximate surface area is 161 Å². The van der Waals surface area contributed by atoms with Crippen molar-refractivity contribution in [2.24, 2.45) is 11.5 Å². The van der Waals surface area contributed by atoms with Crippen molar-refractivity contribution < 1.29 is 19.1 Å². The lowest BCUT2D eigenvalue weighted by atomic mass is 9.99. The molecule has 2 aromatic rings. The SMILES string of the molecule is COc1ccc(NC2=C(N)C(=O)C(Nc3ccc(OC)cc3)=C(N)C2=O)cc1. The van der Waals surface area contributed by atoms with Crippen molar-refractivity contribution in [3.05, 3.63) is 71.3 Å². The van der Waals surface area contributed by atoms with Gasteiger partial charge in [0.2, 0.25) is 11.6 Å². The van der Waals surface area contributed by atoms with Gasteiger partial charge in [0.25, 0.3) is 0 Å². The molecule has 144 valence electrons. The average molecular weight is 380 g/mol. The van der Waals surface area contributed by atoms with Crippen molar-refractivity contribution in [2.75, 3.05) is 24.9 Å². The molecule has 28 heavy (non-hydrogen) atoms. The number of hydrogen-bond donors (Lipinski definition) is 4. The van der Waals surface area contributed by atoms with E-state index in [4.69, 9.17) is 20.9 Å². The van der Waals surface area contributed by atoms with Gasteiger partial charge in [0, 0.05) is 11.4 Å². The number of carbonyl (C=O) groups is 2. The molecule has 0 atom stereocenters. The molecule has 0 saturated heterocycles. The van der Waals surface area contributed by atoms with Gasteiger partial charge in [0.15, 0.2) is 0 Å². The predicted octanol–water partition coefficient (Wildman–Crippen LogP) is 1.72. The van der Waals surface area contributed by atoms with E-state index in [-0.39, 0.29) is 22.8 Å². The minimum Gasteiger partial charge on any atom is -0.497 e. The maximum Gasteiger partial charge on any atom is 0.229 e. The molecule has 0 unspecified atom stereocenters. The van der Waals surface area contributed by atoms with Gasteiger partial charge in [-0.1, -0.05) is 0 Å². The summed E-state index contributed by atoms with van der Waals surface area (Å²) in [4.78, 5) is 25.4. The first-order chi connectivity index (χ1) is 13.4. The number of anilines is 2. The van der Waals surface area contributed by atoms with E-state index < -0.39 is 11.6 Å². The maximum atomic E-state index is 12.7. The smallest absolute Gasteiger partial charge is 0.229 e. The number of benzene rings is 2. The molecule has 0 fully saturated rings. The number of ketones is 2. The third-order valence-corrected chi connectivity index (χ3v) is 4.20. The highest BCUT2D eigenvalue weighted by atomic mass is 16.5. The summed E-state index contributed by atoms with van der Waals surface area (Å²) in [5.74, 6) is 0.181. The fourth-order valence-electron chi connectivity index (χ4n) is 2.63. The molecule has 0 amide bonds. The summed E-state index contributed by atoms with van der Waals surface area (Å²) < 4.78 is 10.2. The normalized spacial score (nSPS) is 14.2. The number of hydrogen-bond acceptors (Lipinski definition) is 8. The lowest BCUT2D eigenvalue weighted by Gasteiger charge is -2.21. The van der Waals surface area contributed by atoms with E-state index in [0.717, 1.165) is 0 Å². The molecule has 0 aliphatic heterocycles. The van der Waals surface area contributed by atoms with Crippen LogP contribution < -0.4 is 31.6 Å². The van der Waals surface area contributed by atoms with Gasteiger partial charge in [-0.3, -0.25) is 9.59 Å². The van der Waals surface area contributed by atoms with Crippen LogP contribution >= 0.6 is 0 Å². The summed E-state index contributed by atoms with van der Waals surface area (Å²) >= 11 is 0. The highest BCUT2D eigenvalue weighted by Crippen LogP contribution is 2.25. The molecule has 8 heteroatoms. The van der Waals surface area contributed by atoms with Crippen LogP contribution in [0.2, 0.25) is 0 Å². The van der Waals surface area contributed by atoms with Crippen LogP contribution in [-0.4, -0.2) is 25.8 Å². The van der Waals surface area contributed by atoms with Gasteiger partial charge in [0.1, 0.15) is 34.3 Å². The molecular weight excluding hydrogens is 360 g/mol. The Kier molecular flexibility index (Phi) is 5.21. The topological polar surface area (TPSA) is 129 Å². The van der Waals surface area contributed by atoms with E-state index in [1.165, 1.54) is 0 Å². The minimum absolute atomic E-state index is 0.0621. The Bertz CT molecular complexity index is 895. The van der Waals surface area contributed by atoms with Crippen molar-refractivity contribution in [1.82, 2.24) is 0 Å². The number of carbonyl (C=O) groups excluding carboxylic acids is 2. The molecule has 2 aromatic carbocycles. The largest absolute Gasteiger partial charge is 0.497 e. The first-order valence-electron chi connectivity index (χ1n) is 8.35. The van der Waals surface area contributed by atoms with Gasteiger partial charge in [-0.15, -0.1) is 0 Å². The van der Waals surface area contributed by atoms with Gasteiger partial charge in [-0.05, 0) is 48.5 Å². The van der Waals surface area contributed by atoms with Gasteiger partial charge >= 0.3 is 0 Å². The second kappa shape index (κ2) is 7.75. The lowest BCUT2D eigenvalue weighted by Crippen LogP contribution is -2.36. The Morgan fingerprint density at radius 2 is 0.964 bits per heavy atom. The van der Waals surface area contributed by atoms with Crippen LogP contribution in [0.4, 0.5) is 11.4 Å². The molecule has 0 saturated carbocycles.